The summed E-state index contributed by atoms with van der Waals surface area (Å²) in [5.74, 6) is -1.34. The van der Waals surface area contributed by atoms with Crippen LogP contribution in [-0.4, -0.2) is 32.9 Å². The number of nitriles is 1. The van der Waals surface area contributed by atoms with Gasteiger partial charge in [0.15, 0.2) is 6.10 Å². The highest BCUT2D eigenvalue weighted by Gasteiger charge is 2.20. The first kappa shape index (κ1) is 21.8. The zero-order chi connectivity index (χ0) is 21.4. The predicted molar refractivity (Wildman–Crippen MR) is 106 cm³/mol. The second-order valence-electron chi connectivity index (χ2n) is 5.89. The van der Waals surface area contributed by atoms with Crippen molar-refractivity contribution in [2.75, 3.05) is 11.9 Å². The molecule has 2 aromatic rings. The average Bonchev–Trinajstić information content (AvgIpc) is 2.72. The quantitative estimate of drug-likeness (QED) is 0.505. The molecule has 2 N–H and O–H groups in total. The summed E-state index contributed by atoms with van der Waals surface area (Å²) < 4.78 is 31.5. The summed E-state index contributed by atoms with van der Waals surface area (Å²) in [5.41, 5.74) is 0.877. The van der Waals surface area contributed by atoms with Crippen molar-refractivity contribution in [3.8, 4) is 6.07 Å². The minimum Gasteiger partial charge on any atom is -0.449 e. The highest BCUT2D eigenvalue weighted by molar-refractivity contribution is 7.89. The van der Waals surface area contributed by atoms with Gasteiger partial charge in [0.25, 0.3) is 5.91 Å². The molecule has 0 bridgehead atoms. The van der Waals surface area contributed by atoms with E-state index < -0.39 is 28.0 Å². The summed E-state index contributed by atoms with van der Waals surface area (Å²) in [5, 5.41) is 11.4. The molecule has 9 heteroatoms. The van der Waals surface area contributed by atoms with E-state index in [2.05, 4.69) is 16.6 Å². The lowest BCUT2D eigenvalue weighted by atomic mass is 10.2. The van der Waals surface area contributed by atoms with Crippen molar-refractivity contribution >= 4 is 27.6 Å². The number of nitrogens with one attached hydrogen (secondary N) is 2. The summed E-state index contributed by atoms with van der Waals surface area (Å²) in [4.78, 5) is 24.4. The number of amides is 1. The Balaban J connectivity index is 2.00. The zero-order valence-corrected chi connectivity index (χ0v) is 16.4. The molecule has 0 aliphatic carbocycles. The molecule has 0 unspecified atom stereocenters. The van der Waals surface area contributed by atoms with Gasteiger partial charge in [-0.2, -0.15) is 5.26 Å². The number of esters is 1. The number of rotatable bonds is 8. The van der Waals surface area contributed by atoms with Crippen LogP contribution in [0.2, 0.25) is 0 Å². The first-order chi connectivity index (χ1) is 13.8. The van der Waals surface area contributed by atoms with Gasteiger partial charge >= 0.3 is 5.97 Å². The van der Waals surface area contributed by atoms with E-state index in [1.165, 1.54) is 43.3 Å². The molecule has 0 saturated heterocycles. The molecule has 0 aromatic heterocycles. The topological polar surface area (TPSA) is 125 Å². The van der Waals surface area contributed by atoms with Gasteiger partial charge in [0, 0.05) is 12.2 Å². The van der Waals surface area contributed by atoms with Crippen LogP contribution in [-0.2, 0) is 19.6 Å². The van der Waals surface area contributed by atoms with E-state index in [4.69, 9.17) is 10.00 Å². The van der Waals surface area contributed by atoms with Gasteiger partial charge in [-0.15, -0.1) is 6.58 Å². The molecule has 0 aliphatic heterocycles. The molecule has 0 fully saturated rings. The third-order valence-corrected chi connectivity index (χ3v) is 5.17. The van der Waals surface area contributed by atoms with E-state index in [1.54, 1.807) is 18.2 Å². The number of carbonyl (C=O) groups is 2. The van der Waals surface area contributed by atoms with Gasteiger partial charge in [0.05, 0.1) is 22.1 Å². The van der Waals surface area contributed by atoms with Crippen LogP contribution in [0, 0.1) is 11.3 Å². The lowest BCUT2D eigenvalue weighted by molar-refractivity contribution is -0.123. The first-order valence-electron chi connectivity index (χ1n) is 8.49. The summed E-state index contributed by atoms with van der Waals surface area (Å²) >= 11 is 0. The molecule has 0 radical (unpaired) electrons. The van der Waals surface area contributed by atoms with Gasteiger partial charge < -0.3 is 10.1 Å². The number of hydrogen-bond donors (Lipinski definition) is 2. The van der Waals surface area contributed by atoms with Crippen LogP contribution >= 0.6 is 0 Å². The molecule has 150 valence electrons. The minimum atomic E-state index is -3.70. The van der Waals surface area contributed by atoms with Crippen molar-refractivity contribution in [3.63, 3.8) is 0 Å². The van der Waals surface area contributed by atoms with Gasteiger partial charge in [-0.05, 0) is 49.4 Å². The van der Waals surface area contributed by atoms with E-state index in [1.807, 2.05) is 6.07 Å². The first-order valence-corrected chi connectivity index (χ1v) is 9.98. The van der Waals surface area contributed by atoms with Crippen LogP contribution in [0.15, 0.2) is 66.1 Å². The molecule has 0 spiro atoms. The van der Waals surface area contributed by atoms with Crippen molar-refractivity contribution in [1.29, 1.82) is 5.26 Å². The third kappa shape index (κ3) is 6.00. The second kappa shape index (κ2) is 9.64. The van der Waals surface area contributed by atoms with Gasteiger partial charge in [-0.1, -0.05) is 12.1 Å². The second-order valence-corrected chi connectivity index (χ2v) is 7.66. The Bertz CT molecular complexity index is 1060. The largest absolute Gasteiger partial charge is 0.449 e. The lowest BCUT2D eigenvalue weighted by Crippen LogP contribution is -2.30. The molecule has 0 heterocycles. The lowest BCUT2D eigenvalue weighted by Gasteiger charge is -2.14. The van der Waals surface area contributed by atoms with Crippen molar-refractivity contribution < 1.29 is 22.7 Å². The number of sulfonamides is 1. The van der Waals surface area contributed by atoms with E-state index >= 15 is 0 Å². The molecular weight excluding hydrogens is 394 g/mol. The Morgan fingerprint density at radius 2 is 1.93 bits per heavy atom. The molecule has 2 aromatic carbocycles. The normalized spacial score (nSPS) is 11.7. The number of hydrogen-bond acceptors (Lipinski definition) is 6. The SMILES string of the molecule is C=CCNS(=O)(=O)c1ccc(C(=O)O[C@@H](C)C(=O)Nc2cccc(C#N)c2)cc1. The van der Waals surface area contributed by atoms with Crippen LogP contribution in [0.4, 0.5) is 5.69 Å². The molecule has 8 nitrogen and oxygen atoms in total. The van der Waals surface area contributed by atoms with Crippen LogP contribution in [0.25, 0.3) is 0 Å². The molecular formula is C20H19N3O5S. The molecule has 0 aliphatic rings. The fraction of sp³-hybridized carbons (Fsp3) is 0.150. The summed E-state index contributed by atoms with van der Waals surface area (Å²) in [6, 6.07) is 13.4. The smallest absolute Gasteiger partial charge is 0.338 e. The Labute approximate surface area is 168 Å². The van der Waals surface area contributed by atoms with E-state index in [-0.39, 0.29) is 17.0 Å². The fourth-order valence-corrected chi connectivity index (χ4v) is 3.21. The van der Waals surface area contributed by atoms with E-state index in [9.17, 15) is 18.0 Å². The molecule has 1 amide bonds. The zero-order valence-electron chi connectivity index (χ0n) is 15.6. The van der Waals surface area contributed by atoms with E-state index in [0.29, 0.717) is 11.3 Å². The summed E-state index contributed by atoms with van der Waals surface area (Å²) in [6.45, 7) is 4.92. The maximum Gasteiger partial charge on any atom is 0.338 e. The molecule has 1 atom stereocenters. The highest BCUT2D eigenvalue weighted by atomic mass is 32.2. The number of anilines is 1. The van der Waals surface area contributed by atoms with Gasteiger partial charge in [-0.3, -0.25) is 4.79 Å². The minimum absolute atomic E-state index is 0.0148. The van der Waals surface area contributed by atoms with Crippen molar-refractivity contribution in [3.05, 3.63) is 72.3 Å². The van der Waals surface area contributed by atoms with Crippen LogP contribution in [0.3, 0.4) is 0 Å². The van der Waals surface area contributed by atoms with Crippen molar-refractivity contribution in [1.82, 2.24) is 4.72 Å². The van der Waals surface area contributed by atoms with Gasteiger partial charge in [-0.25, -0.2) is 17.9 Å². The molecule has 29 heavy (non-hydrogen) atoms. The Hall–Kier alpha value is -3.48. The Kier molecular flexibility index (Phi) is 7.25. The molecule has 2 rings (SSSR count). The van der Waals surface area contributed by atoms with Gasteiger partial charge in [0.2, 0.25) is 10.0 Å². The Morgan fingerprint density at radius 1 is 1.24 bits per heavy atom. The van der Waals surface area contributed by atoms with E-state index in [0.717, 1.165) is 0 Å². The van der Waals surface area contributed by atoms with Crippen molar-refractivity contribution in [2.45, 2.75) is 17.9 Å². The van der Waals surface area contributed by atoms with Crippen LogP contribution < -0.4 is 10.0 Å². The van der Waals surface area contributed by atoms with Crippen molar-refractivity contribution in [2.24, 2.45) is 0 Å². The van der Waals surface area contributed by atoms with Gasteiger partial charge in [0.1, 0.15) is 0 Å². The Morgan fingerprint density at radius 3 is 2.55 bits per heavy atom. The average molecular weight is 413 g/mol. The number of benzene rings is 2. The third-order valence-electron chi connectivity index (χ3n) is 3.73. The standard InChI is InChI=1S/C20H19N3O5S/c1-3-11-22-29(26,27)18-9-7-16(8-10-18)20(25)28-14(2)19(24)23-17-6-4-5-15(12-17)13-21/h3-10,12,14,22H,1,11H2,2H3,(H,23,24)/t14-/m0/s1. The van der Waals surface area contributed by atoms with Crippen LogP contribution in [0.1, 0.15) is 22.8 Å². The number of carbonyl (C=O) groups excluding carboxylic acids is 2. The highest BCUT2D eigenvalue weighted by Crippen LogP contribution is 2.14. The van der Waals surface area contributed by atoms with Crippen LogP contribution in [0.5, 0.6) is 0 Å². The number of ether oxygens (including phenoxy) is 1. The fourth-order valence-electron chi connectivity index (χ4n) is 2.21. The predicted octanol–water partition coefficient (Wildman–Crippen LogP) is 2.21. The summed E-state index contributed by atoms with van der Waals surface area (Å²) in [6.07, 6.45) is 0.303. The monoisotopic (exact) mass is 413 g/mol. The molecule has 0 saturated carbocycles. The summed E-state index contributed by atoms with van der Waals surface area (Å²) in [7, 11) is -3.70. The maximum absolute atomic E-state index is 12.2. The maximum atomic E-state index is 12.2. The number of nitrogens with zero attached hydrogens (tertiary/aromatic N) is 1.